The number of carboxylic acids is 1. The zero-order chi connectivity index (χ0) is 22.1. The lowest BCUT2D eigenvalue weighted by Crippen LogP contribution is -2.18. The summed E-state index contributed by atoms with van der Waals surface area (Å²) in [7, 11) is 0. The number of rotatable bonds is 5. The number of carboxylic acid groups (broad SMARTS) is 1. The normalized spacial score (nSPS) is 12.1. The van der Waals surface area contributed by atoms with Gasteiger partial charge in [-0.2, -0.15) is 18.3 Å². The molecule has 11 heteroatoms. The standard InChI is InChI=1S/C19H13F3N2O4S2/c1-9(23-24-17(26)13-6-7-14(30-13)18(27)28)12-8-29-16(15(12)25)10-2-4-11(5-3-10)19(20,21)22/h2-8,25H,1H3,(H,24,26)(H,27,28)/b23-9+. The Morgan fingerprint density at radius 3 is 2.27 bits per heavy atom. The average molecular weight is 454 g/mol. The fourth-order valence-electron chi connectivity index (χ4n) is 2.45. The van der Waals surface area contributed by atoms with Crippen LogP contribution in [0, 0.1) is 0 Å². The van der Waals surface area contributed by atoms with Crippen LogP contribution in [0.25, 0.3) is 10.4 Å². The Bertz CT molecular complexity index is 1130. The Morgan fingerprint density at radius 2 is 1.70 bits per heavy atom. The molecular weight excluding hydrogens is 441 g/mol. The number of hydrogen-bond donors (Lipinski definition) is 3. The van der Waals surface area contributed by atoms with Gasteiger partial charge in [0.1, 0.15) is 10.6 Å². The van der Waals surface area contributed by atoms with Crippen molar-refractivity contribution in [1.29, 1.82) is 0 Å². The van der Waals surface area contributed by atoms with Gasteiger partial charge in [0, 0.05) is 5.38 Å². The van der Waals surface area contributed by atoms with E-state index in [4.69, 9.17) is 5.11 Å². The molecule has 1 amide bonds. The highest BCUT2D eigenvalue weighted by molar-refractivity contribution is 7.15. The van der Waals surface area contributed by atoms with Gasteiger partial charge in [-0.3, -0.25) is 4.79 Å². The smallest absolute Gasteiger partial charge is 0.416 e. The zero-order valence-corrected chi connectivity index (χ0v) is 16.8. The third-order valence-electron chi connectivity index (χ3n) is 3.99. The molecule has 0 aliphatic heterocycles. The minimum absolute atomic E-state index is 0.0116. The van der Waals surface area contributed by atoms with E-state index in [2.05, 4.69) is 10.5 Å². The van der Waals surface area contributed by atoms with Gasteiger partial charge in [-0.15, -0.1) is 22.7 Å². The average Bonchev–Trinajstić information content (AvgIpc) is 3.32. The van der Waals surface area contributed by atoms with Crippen LogP contribution in [0.4, 0.5) is 13.2 Å². The quantitative estimate of drug-likeness (QED) is 0.371. The van der Waals surface area contributed by atoms with E-state index in [0.717, 1.165) is 34.8 Å². The molecule has 3 rings (SSSR count). The Labute approximate surface area is 175 Å². The second-order valence-electron chi connectivity index (χ2n) is 6.01. The molecule has 0 aliphatic rings. The van der Waals surface area contributed by atoms with Crippen LogP contribution in [0.3, 0.4) is 0 Å². The van der Waals surface area contributed by atoms with Gasteiger partial charge in [0.15, 0.2) is 0 Å². The number of amides is 1. The monoisotopic (exact) mass is 454 g/mol. The lowest BCUT2D eigenvalue weighted by molar-refractivity contribution is -0.137. The lowest BCUT2D eigenvalue weighted by atomic mass is 10.1. The number of hydrazone groups is 1. The molecule has 0 fully saturated rings. The lowest BCUT2D eigenvalue weighted by Gasteiger charge is -2.07. The summed E-state index contributed by atoms with van der Waals surface area (Å²) in [6.07, 6.45) is -4.45. The first-order chi connectivity index (χ1) is 14.1. The molecule has 156 valence electrons. The highest BCUT2D eigenvalue weighted by atomic mass is 32.1. The number of nitrogens with zero attached hydrogens (tertiary/aromatic N) is 1. The van der Waals surface area contributed by atoms with Crippen molar-refractivity contribution in [2.24, 2.45) is 5.10 Å². The second kappa shape index (κ2) is 8.28. The summed E-state index contributed by atoms with van der Waals surface area (Å²) in [6, 6.07) is 7.06. The van der Waals surface area contributed by atoms with Crippen LogP contribution in [0.1, 0.15) is 37.4 Å². The van der Waals surface area contributed by atoms with Crippen LogP contribution in [-0.2, 0) is 6.18 Å². The van der Waals surface area contributed by atoms with Crippen molar-refractivity contribution in [3.63, 3.8) is 0 Å². The van der Waals surface area contributed by atoms with Gasteiger partial charge in [-0.1, -0.05) is 12.1 Å². The van der Waals surface area contributed by atoms with E-state index in [9.17, 15) is 27.9 Å². The first-order valence-corrected chi connectivity index (χ1v) is 9.93. The van der Waals surface area contributed by atoms with Crippen molar-refractivity contribution in [2.45, 2.75) is 13.1 Å². The van der Waals surface area contributed by atoms with Crippen LogP contribution in [0.15, 0.2) is 46.9 Å². The molecule has 3 aromatic rings. The minimum atomic E-state index is -4.45. The molecule has 0 unspecified atom stereocenters. The molecular formula is C19H13F3N2O4S2. The van der Waals surface area contributed by atoms with Crippen LogP contribution in [0.2, 0.25) is 0 Å². The predicted octanol–water partition coefficient (Wildman–Crippen LogP) is 5.05. The molecule has 0 saturated heterocycles. The second-order valence-corrected chi connectivity index (χ2v) is 7.97. The summed E-state index contributed by atoms with van der Waals surface area (Å²) in [6.45, 7) is 1.54. The fourth-order valence-corrected chi connectivity index (χ4v) is 4.19. The van der Waals surface area contributed by atoms with Crippen molar-refractivity contribution < 1.29 is 33.0 Å². The maximum absolute atomic E-state index is 12.7. The van der Waals surface area contributed by atoms with Crippen LogP contribution < -0.4 is 5.43 Å². The number of benzene rings is 1. The molecule has 0 radical (unpaired) electrons. The summed E-state index contributed by atoms with van der Waals surface area (Å²) in [4.78, 5) is 23.5. The third-order valence-corrected chi connectivity index (χ3v) is 6.09. The molecule has 1 aromatic carbocycles. The fraction of sp³-hybridized carbons (Fsp3) is 0.105. The largest absolute Gasteiger partial charge is 0.506 e. The number of thiophene rings is 2. The Morgan fingerprint density at radius 1 is 1.07 bits per heavy atom. The van der Waals surface area contributed by atoms with Gasteiger partial charge in [0.25, 0.3) is 5.91 Å². The van der Waals surface area contributed by atoms with Crippen molar-refractivity contribution in [1.82, 2.24) is 5.43 Å². The van der Waals surface area contributed by atoms with E-state index in [1.165, 1.54) is 31.2 Å². The topological polar surface area (TPSA) is 99.0 Å². The number of halogens is 3. The van der Waals surface area contributed by atoms with Crippen LogP contribution in [-0.4, -0.2) is 27.8 Å². The van der Waals surface area contributed by atoms with E-state index in [1.54, 1.807) is 5.38 Å². The molecule has 30 heavy (non-hydrogen) atoms. The number of carbonyl (C=O) groups excluding carboxylic acids is 1. The van der Waals surface area contributed by atoms with Crippen molar-refractivity contribution in [3.8, 4) is 16.2 Å². The molecule has 0 saturated carbocycles. The summed E-state index contributed by atoms with van der Waals surface area (Å²) in [5.41, 5.74) is 2.49. The molecule has 0 aliphatic carbocycles. The van der Waals surface area contributed by atoms with Gasteiger partial charge >= 0.3 is 12.1 Å². The van der Waals surface area contributed by atoms with E-state index in [1.807, 2.05) is 0 Å². The molecule has 2 heterocycles. The molecule has 3 N–H and O–H groups in total. The van der Waals surface area contributed by atoms with Crippen LogP contribution >= 0.6 is 22.7 Å². The Hall–Kier alpha value is -3.18. The number of carbonyl (C=O) groups is 2. The molecule has 2 aromatic heterocycles. The van der Waals surface area contributed by atoms with Gasteiger partial charge in [0.05, 0.1) is 26.6 Å². The Balaban J connectivity index is 1.77. The van der Waals surface area contributed by atoms with Gasteiger partial charge in [0.2, 0.25) is 0 Å². The number of nitrogens with one attached hydrogen (secondary N) is 1. The molecule has 6 nitrogen and oxygen atoms in total. The Kier molecular flexibility index (Phi) is 5.94. The van der Waals surface area contributed by atoms with Crippen molar-refractivity contribution >= 4 is 40.3 Å². The highest BCUT2D eigenvalue weighted by Crippen LogP contribution is 2.40. The minimum Gasteiger partial charge on any atom is -0.506 e. The molecule has 0 bridgehead atoms. The van der Waals surface area contributed by atoms with Gasteiger partial charge in [-0.05, 0) is 36.8 Å². The molecule has 0 atom stereocenters. The highest BCUT2D eigenvalue weighted by Gasteiger charge is 2.30. The van der Waals surface area contributed by atoms with Gasteiger partial charge < -0.3 is 10.2 Å². The summed E-state index contributed by atoms with van der Waals surface area (Å²) in [5.74, 6) is -1.91. The number of aromatic hydroxyl groups is 1. The van der Waals surface area contributed by atoms with E-state index < -0.39 is 23.6 Å². The predicted molar refractivity (Wildman–Crippen MR) is 107 cm³/mol. The summed E-state index contributed by atoms with van der Waals surface area (Å²) < 4.78 is 38.1. The molecule has 0 spiro atoms. The number of hydrogen-bond acceptors (Lipinski definition) is 6. The third kappa shape index (κ3) is 4.52. The van der Waals surface area contributed by atoms with Gasteiger partial charge in [-0.25, -0.2) is 10.2 Å². The maximum Gasteiger partial charge on any atom is 0.416 e. The van der Waals surface area contributed by atoms with Crippen molar-refractivity contribution in [3.05, 3.63) is 62.7 Å². The van der Waals surface area contributed by atoms with E-state index in [0.29, 0.717) is 16.0 Å². The first-order valence-electron chi connectivity index (χ1n) is 8.24. The maximum atomic E-state index is 12.7. The number of alkyl halides is 3. The van der Waals surface area contributed by atoms with Crippen molar-refractivity contribution in [2.75, 3.05) is 0 Å². The summed E-state index contributed by atoms with van der Waals surface area (Å²) in [5, 5.41) is 24.8. The number of aromatic carboxylic acids is 1. The summed E-state index contributed by atoms with van der Waals surface area (Å²) >= 11 is 1.92. The SMILES string of the molecule is C/C(=N\NC(=O)c1ccc(C(=O)O)s1)c1csc(-c2ccc(C(F)(F)F)cc2)c1O. The van der Waals surface area contributed by atoms with E-state index in [-0.39, 0.29) is 21.2 Å². The van der Waals surface area contributed by atoms with E-state index >= 15 is 0 Å². The van der Waals surface area contributed by atoms with Crippen LogP contribution in [0.5, 0.6) is 5.75 Å². The first kappa shape index (κ1) is 21.5. The zero-order valence-electron chi connectivity index (χ0n) is 15.1.